The number of hydrogen-bond acceptors (Lipinski definition) is 2. The SMILES string of the molecule is Cc1ccc(CNCc2ccc(CO)cc2)cc1Cl. The molecule has 0 saturated carbocycles. The van der Waals surface area contributed by atoms with Gasteiger partial charge >= 0.3 is 0 Å². The molecule has 0 heterocycles. The van der Waals surface area contributed by atoms with E-state index in [0.29, 0.717) is 0 Å². The molecule has 2 aromatic carbocycles. The number of halogens is 1. The van der Waals surface area contributed by atoms with E-state index in [4.69, 9.17) is 16.7 Å². The van der Waals surface area contributed by atoms with Crippen LogP contribution in [0.2, 0.25) is 5.02 Å². The van der Waals surface area contributed by atoms with E-state index in [-0.39, 0.29) is 6.61 Å². The smallest absolute Gasteiger partial charge is 0.0681 e. The van der Waals surface area contributed by atoms with Crippen LogP contribution in [-0.2, 0) is 19.7 Å². The molecule has 2 aromatic rings. The van der Waals surface area contributed by atoms with Crippen molar-refractivity contribution in [3.8, 4) is 0 Å². The van der Waals surface area contributed by atoms with Crippen molar-refractivity contribution < 1.29 is 5.11 Å². The molecular weight excluding hydrogens is 258 g/mol. The molecule has 0 fully saturated rings. The van der Waals surface area contributed by atoms with Crippen molar-refractivity contribution in [2.45, 2.75) is 26.6 Å². The van der Waals surface area contributed by atoms with Gasteiger partial charge in [0.2, 0.25) is 0 Å². The second-order valence-corrected chi connectivity index (χ2v) is 5.07. The van der Waals surface area contributed by atoms with Gasteiger partial charge in [0.25, 0.3) is 0 Å². The van der Waals surface area contributed by atoms with Gasteiger partial charge in [-0.3, -0.25) is 0 Å². The van der Waals surface area contributed by atoms with E-state index in [1.807, 2.05) is 43.3 Å². The molecule has 19 heavy (non-hydrogen) atoms. The first-order valence-corrected chi connectivity index (χ1v) is 6.71. The minimum Gasteiger partial charge on any atom is -0.392 e. The zero-order chi connectivity index (χ0) is 13.7. The van der Waals surface area contributed by atoms with Gasteiger partial charge in [-0.25, -0.2) is 0 Å². The van der Waals surface area contributed by atoms with Crippen LogP contribution in [0.25, 0.3) is 0 Å². The third-order valence-electron chi connectivity index (χ3n) is 3.10. The van der Waals surface area contributed by atoms with Crippen molar-refractivity contribution in [1.29, 1.82) is 0 Å². The minimum atomic E-state index is 0.0928. The van der Waals surface area contributed by atoms with Crippen molar-refractivity contribution >= 4 is 11.6 Å². The molecule has 0 aliphatic rings. The molecule has 0 aliphatic heterocycles. The number of aliphatic hydroxyl groups excluding tert-OH is 1. The summed E-state index contributed by atoms with van der Waals surface area (Å²) in [7, 11) is 0. The molecule has 2 N–H and O–H groups in total. The lowest BCUT2D eigenvalue weighted by atomic mass is 10.1. The van der Waals surface area contributed by atoms with Gasteiger partial charge in [0.05, 0.1) is 6.61 Å². The van der Waals surface area contributed by atoms with Crippen molar-refractivity contribution in [2.75, 3.05) is 0 Å². The summed E-state index contributed by atoms with van der Waals surface area (Å²) in [5.41, 5.74) is 4.43. The monoisotopic (exact) mass is 275 g/mol. The van der Waals surface area contributed by atoms with Crippen LogP contribution in [0.15, 0.2) is 42.5 Å². The van der Waals surface area contributed by atoms with Gasteiger partial charge in [0, 0.05) is 18.1 Å². The van der Waals surface area contributed by atoms with E-state index in [1.54, 1.807) is 0 Å². The Balaban J connectivity index is 1.86. The summed E-state index contributed by atoms with van der Waals surface area (Å²) in [4.78, 5) is 0. The van der Waals surface area contributed by atoms with E-state index >= 15 is 0 Å². The van der Waals surface area contributed by atoms with Crippen LogP contribution in [0.1, 0.15) is 22.3 Å². The number of hydrogen-bond donors (Lipinski definition) is 2. The molecule has 0 atom stereocenters. The normalized spacial score (nSPS) is 10.7. The van der Waals surface area contributed by atoms with Gasteiger partial charge in [-0.2, -0.15) is 0 Å². The van der Waals surface area contributed by atoms with Crippen LogP contribution >= 0.6 is 11.6 Å². The molecule has 0 bridgehead atoms. The number of nitrogens with one attached hydrogen (secondary N) is 1. The molecule has 2 nitrogen and oxygen atoms in total. The topological polar surface area (TPSA) is 32.3 Å². The van der Waals surface area contributed by atoms with Crippen LogP contribution < -0.4 is 5.32 Å². The second kappa shape index (κ2) is 6.71. The minimum absolute atomic E-state index is 0.0928. The molecule has 0 amide bonds. The summed E-state index contributed by atoms with van der Waals surface area (Å²) >= 11 is 6.09. The van der Waals surface area contributed by atoms with Gasteiger partial charge < -0.3 is 10.4 Å². The molecule has 100 valence electrons. The maximum atomic E-state index is 8.97. The second-order valence-electron chi connectivity index (χ2n) is 4.66. The zero-order valence-electron chi connectivity index (χ0n) is 11.0. The molecule has 0 aromatic heterocycles. The lowest BCUT2D eigenvalue weighted by Gasteiger charge is -2.07. The van der Waals surface area contributed by atoms with E-state index < -0.39 is 0 Å². The Kier molecular flexibility index (Phi) is 4.97. The summed E-state index contributed by atoms with van der Waals surface area (Å²) in [6.45, 7) is 3.69. The molecule has 0 spiro atoms. The molecule has 0 unspecified atom stereocenters. The van der Waals surface area contributed by atoms with Gasteiger partial charge in [0.1, 0.15) is 0 Å². The zero-order valence-corrected chi connectivity index (χ0v) is 11.7. The fraction of sp³-hybridized carbons (Fsp3) is 0.250. The third-order valence-corrected chi connectivity index (χ3v) is 3.51. The Bertz CT molecular complexity index is 537. The van der Waals surface area contributed by atoms with Crippen molar-refractivity contribution in [1.82, 2.24) is 5.32 Å². The first-order chi connectivity index (χ1) is 9.19. The third kappa shape index (κ3) is 4.06. The highest BCUT2D eigenvalue weighted by Crippen LogP contribution is 2.16. The molecular formula is C16H18ClNO. The van der Waals surface area contributed by atoms with Gasteiger partial charge in [-0.05, 0) is 35.2 Å². The molecule has 0 aliphatic carbocycles. The van der Waals surface area contributed by atoms with Crippen LogP contribution in [0.4, 0.5) is 0 Å². The van der Waals surface area contributed by atoms with Crippen molar-refractivity contribution in [3.63, 3.8) is 0 Å². The summed E-state index contributed by atoms with van der Waals surface area (Å²) in [6, 6.07) is 14.1. The van der Waals surface area contributed by atoms with Crippen molar-refractivity contribution in [3.05, 3.63) is 69.7 Å². The molecule has 0 saturated heterocycles. The van der Waals surface area contributed by atoms with Crippen LogP contribution in [0.3, 0.4) is 0 Å². The fourth-order valence-corrected chi connectivity index (χ4v) is 2.06. The summed E-state index contributed by atoms with van der Waals surface area (Å²) in [5, 5.41) is 13.2. The highest BCUT2D eigenvalue weighted by atomic mass is 35.5. The largest absolute Gasteiger partial charge is 0.392 e. The quantitative estimate of drug-likeness (QED) is 0.876. The lowest BCUT2D eigenvalue weighted by Crippen LogP contribution is -2.12. The number of rotatable bonds is 5. The van der Waals surface area contributed by atoms with Crippen LogP contribution in [0, 0.1) is 6.92 Å². The fourth-order valence-electron chi connectivity index (χ4n) is 1.86. The molecule has 3 heteroatoms. The lowest BCUT2D eigenvalue weighted by molar-refractivity contribution is 0.282. The summed E-state index contributed by atoms with van der Waals surface area (Å²) in [6.07, 6.45) is 0. The van der Waals surface area contributed by atoms with Gasteiger partial charge in [-0.15, -0.1) is 0 Å². The van der Waals surface area contributed by atoms with Crippen LogP contribution in [0.5, 0.6) is 0 Å². The first-order valence-electron chi connectivity index (χ1n) is 6.33. The Morgan fingerprint density at radius 1 is 0.947 bits per heavy atom. The first kappa shape index (κ1) is 14.1. The average Bonchev–Trinajstić information content (AvgIpc) is 2.43. The van der Waals surface area contributed by atoms with Crippen LogP contribution in [-0.4, -0.2) is 5.11 Å². The molecule has 2 rings (SSSR count). The van der Waals surface area contributed by atoms with Gasteiger partial charge in [-0.1, -0.05) is 48.0 Å². The highest BCUT2D eigenvalue weighted by molar-refractivity contribution is 6.31. The Labute approximate surface area is 119 Å². The van der Waals surface area contributed by atoms with E-state index in [0.717, 1.165) is 29.2 Å². The number of benzene rings is 2. The average molecular weight is 276 g/mol. The predicted octanol–water partition coefficient (Wildman–Crippen LogP) is 3.43. The maximum Gasteiger partial charge on any atom is 0.0681 e. The Morgan fingerprint density at radius 3 is 2.16 bits per heavy atom. The Morgan fingerprint density at radius 2 is 1.53 bits per heavy atom. The van der Waals surface area contributed by atoms with E-state index in [2.05, 4.69) is 11.4 Å². The van der Waals surface area contributed by atoms with E-state index in [1.165, 1.54) is 11.1 Å². The van der Waals surface area contributed by atoms with Crippen molar-refractivity contribution in [2.24, 2.45) is 0 Å². The highest BCUT2D eigenvalue weighted by Gasteiger charge is 1.98. The number of aliphatic hydroxyl groups is 1. The summed E-state index contributed by atoms with van der Waals surface area (Å²) in [5.74, 6) is 0. The number of aryl methyl sites for hydroxylation is 1. The van der Waals surface area contributed by atoms with E-state index in [9.17, 15) is 0 Å². The van der Waals surface area contributed by atoms with Gasteiger partial charge in [0.15, 0.2) is 0 Å². The maximum absolute atomic E-state index is 8.97. The summed E-state index contributed by atoms with van der Waals surface area (Å²) < 4.78 is 0. The Hall–Kier alpha value is -1.35. The standard InChI is InChI=1S/C16H18ClNO/c1-12-2-3-15(8-16(12)17)10-18-9-13-4-6-14(11-19)7-5-13/h2-8,18-19H,9-11H2,1H3. The predicted molar refractivity (Wildman–Crippen MR) is 79.1 cm³/mol. The molecule has 0 radical (unpaired) electrons.